The molecule has 0 bridgehead atoms. The number of carbonyl (C=O) groups is 2. The number of benzene rings is 2. The lowest BCUT2D eigenvalue weighted by Gasteiger charge is -2.17. The van der Waals surface area contributed by atoms with Crippen LogP contribution in [0.2, 0.25) is 0 Å². The molecule has 0 saturated carbocycles. The molecule has 1 fully saturated rings. The van der Waals surface area contributed by atoms with Gasteiger partial charge in [-0.25, -0.2) is 0 Å². The van der Waals surface area contributed by atoms with Crippen molar-refractivity contribution in [2.24, 2.45) is 5.92 Å². The smallest absolute Gasteiger partial charge is 0.351 e. The summed E-state index contributed by atoms with van der Waals surface area (Å²) in [7, 11) is 0. The SMILES string of the molecule is O=C(NCc1ccccc1C(F)(F)F)C1CCN(c2ccccc2)C1=O. The third kappa shape index (κ3) is 3.71. The Morgan fingerprint density at radius 3 is 2.42 bits per heavy atom. The van der Waals surface area contributed by atoms with E-state index >= 15 is 0 Å². The number of halogens is 3. The van der Waals surface area contributed by atoms with Gasteiger partial charge in [-0.3, -0.25) is 9.59 Å². The minimum atomic E-state index is -4.49. The van der Waals surface area contributed by atoms with Gasteiger partial charge in [-0.1, -0.05) is 36.4 Å². The Morgan fingerprint density at radius 2 is 1.73 bits per heavy atom. The van der Waals surface area contributed by atoms with Gasteiger partial charge in [0.2, 0.25) is 11.8 Å². The van der Waals surface area contributed by atoms with Crippen molar-refractivity contribution < 1.29 is 22.8 Å². The van der Waals surface area contributed by atoms with Crippen LogP contribution >= 0.6 is 0 Å². The molecular formula is C19H17F3N2O2. The average Bonchev–Trinajstić information content (AvgIpc) is 3.01. The highest BCUT2D eigenvalue weighted by Crippen LogP contribution is 2.32. The summed E-state index contributed by atoms with van der Waals surface area (Å²) < 4.78 is 39.0. The molecule has 2 aromatic rings. The molecule has 2 amide bonds. The molecule has 0 spiro atoms. The van der Waals surface area contributed by atoms with Gasteiger partial charge < -0.3 is 10.2 Å². The Bertz CT molecular complexity index is 806. The molecule has 26 heavy (non-hydrogen) atoms. The molecule has 1 aliphatic heterocycles. The van der Waals surface area contributed by atoms with Crippen LogP contribution in [0.25, 0.3) is 0 Å². The number of anilines is 1. The van der Waals surface area contributed by atoms with Crippen LogP contribution in [-0.2, 0) is 22.3 Å². The lowest BCUT2D eigenvalue weighted by Crippen LogP contribution is -2.36. The maximum Gasteiger partial charge on any atom is 0.416 e. The predicted molar refractivity (Wildman–Crippen MR) is 90.2 cm³/mol. The molecule has 1 heterocycles. The zero-order valence-electron chi connectivity index (χ0n) is 13.8. The zero-order chi connectivity index (χ0) is 18.7. The van der Waals surface area contributed by atoms with Gasteiger partial charge in [-0.2, -0.15) is 13.2 Å². The number of nitrogens with one attached hydrogen (secondary N) is 1. The van der Waals surface area contributed by atoms with E-state index < -0.39 is 23.6 Å². The van der Waals surface area contributed by atoms with Crippen molar-refractivity contribution in [3.63, 3.8) is 0 Å². The highest BCUT2D eigenvalue weighted by Gasteiger charge is 2.38. The summed E-state index contributed by atoms with van der Waals surface area (Å²) >= 11 is 0. The molecule has 7 heteroatoms. The number of alkyl halides is 3. The summed E-state index contributed by atoms with van der Waals surface area (Å²) in [6, 6.07) is 14.0. The first kappa shape index (κ1) is 18.0. The Morgan fingerprint density at radius 1 is 1.08 bits per heavy atom. The highest BCUT2D eigenvalue weighted by atomic mass is 19.4. The number of carbonyl (C=O) groups excluding carboxylic acids is 2. The third-order valence-corrected chi connectivity index (χ3v) is 4.37. The van der Waals surface area contributed by atoms with Crippen molar-refractivity contribution in [2.45, 2.75) is 19.1 Å². The number of amides is 2. The van der Waals surface area contributed by atoms with Crippen molar-refractivity contribution >= 4 is 17.5 Å². The number of para-hydroxylation sites is 1. The second-order valence-corrected chi connectivity index (χ2v) is 6.04. The summed E-state index contributed by atoms with van der Waals surface area (Å²) in [5, 5.41) is 2.47. The van der Waals surface area contributed by atoms with E-state index in [2.05, 4.69) is 5.32 Å². The van der Waals surface area contributed by atoms with E-state index in [0.29, 0.717) is 18.7 Å². The second-order valence-electron chi connectivity index (χ2n) is 6.04. The summed E-state index contributed by atoms with van der Waals surface area (Å²) in [6.07, 6.45) is -4.16. The van der Waals surface area contributed by atoms with Gasteiger partial charge in [-0.15, -0.1) is 0 Å². The zero-order valence-corrected chi connectivity index (χ0v) is 13.8. The molecule has 1 N–H and O–H groups in total. The van der Waals surface area contributed by atoms with E-state index in [1.807, 2.05) is 6.07 Å². The monoisotopic (exact) mass is 362 g/mol. The Labute approximate surface area is 148 Å². The van der Waals surface area contributed by atoms with Crippen LogP contribution in [0.3, 0.4) is 0 Å². The summed E-state index contributed by atoms with van der Waals surface area (Å²) in [5.41, 5.74) is -0.113. The standard InChI is InChI=1S/C19H17F3N2O2/c20-19(21,22)16-9-5-4-6-13(16)12-23-17(25)15-10-11-24(18(15)26)14-7-2-1-3-8-14/h1-9,15H,10-12H2,(H,23,25). The first-order chi connectivity index (χ1) is 12.4. The van der Waals surface area contributed by atoms with Gasteiger partial charge in [-0.05, 0) is 30.2 Å². The molecule has 136 valence electrons. The van der Waals surface area contributed by atoms with Crippen molar-refractivity contribution in [1.29, 1.82) is 0 Å². The quantitative estimate of drug-likeness (QED) is 0.848. The predicted octanol–water partition coefficient (Wildman–Crippen LogP) is 3.37. The van der Waals surface area contributed by atoms with Crippen LogP contribution in [0.15, 0.2) is 54.6 Å². The molecule has 1 saturated heterocycles. The van der Waals surface area contributed by atoms with E-state index in [-0.39, 0.29) is 18.0 Å². The molecule has 2 aromatic carbocycles. The van der Waals surface area contributed by atoms with Crippen LogP contribution < -0.4 is 10.2 Å². The Kier molecular flexibility index (Phi) is 4.97. The second kappa shape index (κ2) is 7.19. The van der Waals surface area contributed by atoms with E-state index in [0.717, 1.165) is 6.07 Å². The number of nitrogens with zero attached hydrogens (tertiary/aromatic N) is 1. The van der Waals surface area contributed by atoms with Crippen LogP contribution in [0.4, 0.5) is 18.9 Å². The molecule has 0 aromatic heterocycles. The van der Waals surface area contributed by atoms with Gasteiger partial charge >= 0.3 is 6.18 Å². The summed E-state index contributed by atoms with van der Waals surface area (Å²) in [4.78, 5) is 26.3. The fourth-order valence-electron chi connectivity index (χ4n) is 3.04. The van der Waals surface area contributed by atoms with Crippen molar-refractivity contribution in [2.75, 3.05) is 11.4 Å². The van der Waals surface area contributed by atoms with Crippen LogP contribution in [0, 0.1) is 5.92 Å². The van der Waals surface area contributed by atoms with Crippen LogP contribution in [0.5, 0.6) is 0 Å². The van der Waals surface area contributed by atoms with Gasteiger partial charge in [0, 0.05) is 18.8 Å². The maximum absolute atomic E-state index is 13.0. The minimum Gasteiger partial charge on any atom is -0.351 e. The van der Waals surface area contributed by atoms with E-state index in [4.69, 9.17) is 0 Å². The topological polar surface area (TPSA) is 49.4 Å². The first-order valence-electron chi connectivity index (χ1n) is 8.17. The van der Waals surface area contributed by atoms with E-state index in [9.17, 15) is 22.8 Å². The first-order valence-corrected chi connectivity index (χ1v) is 8.17. The maximum atomic E-state index is 13.0. The highest BCUT2D eigenvalue weighted by molar-refractivity contribution is 6.09. The molecule has 0 aliphatic carbocycles. The lowest BCUT2D eigenvalue weighted by molar-refractivity contribution is -0.139. The van der Waals surface area contributed by atoms with Gasteiger partial charge in [0.25, 0.3) is 0 Å². The van der Waals surface area contributed by atoms with E-state index in [1.165, 1.54) is 23.1 Å². The van der Waals surface area contributed by atoms with Gasteiger partial charge in [0.15, 0.2) is 0 Å². The lowest BCUT2D eigenvalue weighted by atomic mass is 10.1. The number of rotatable bonds is 4. The molecule has 1 unspecified atom stereocenters. The minimum absolute atomic E-state index is 0.0290. The Hall–Kier alpha value is -2.83. The number of hydrogen-bond acceptors (Lipinski definition) is 2. The van der Waals surface area contributed by atoms with Crippen LogP contribution in [0.1, 0.15) is 17.5 Å². The van der Waals surface area contributed by atoms with Crippen molar-refractivity contribution in [3.05, 3.63) is 65.7 Å². The van der Waals surface area contributed by atoms with Gasteiger partial charge in [0.1, 0.15) is 5.92 Å². The van der Waals surface area contributed by atoms with Crippen LogP contribution in [-0.4, -0.2) is 18.4 Å². The largest absolute Gasteiger partial charge is 0.416 e. The molecule has 3 rings (SSSR count). The number of hydrogen-bond donors (Lipinski definition) is 1. The van der Waals surface area contributed by atoms with E-state index in [1.54, 1.807) is 24.3 Å². The molecular weight excluding hydrogens is 345 g/mol. The Balaban J connectivity index is 1.66. The normalized spacial score (nSPS) is 17.4. The van der Waals surface area contributed by atoms with Gasteiger partial charge in [0.05, 0.1) is 5.56 Å². The molecule has 4 nitrogen and oxygen atoms in total. The third-order valence-electron chi connectivity index (χ3n) is 4.37. The fraction of sp³-hybridized carbons (Fsp3) is 0.263. The van der Waals surface area contributed by atoms with Crippen molar-refractivity contribution in [1.82, 2.24) is 5.32 Å². The molecule has 1 atom stereocenters. The summed E-state index contributed by atoms with van der Waals surface area (Å²) in [5.74, 6) is -1.77. The van der Waals surface area contributed by atoms with Crippen molar-refractivity contribution in [3.8, 4) is 0 Å². The molecule has 0 radical (unpaired) electrons. The molecule has 1 aliphatic rings. The summed E-state index contributed by atoms with van der Waals surface area (Å²) in [6.45, 7) is 0.129. The average molecular weight is 362 g/mol. The fourth-order valence-corrected chi connectivity index (χ4v) is 3.04.